The summed E-state index contributed by atoms with van der Waals surface area (Å²) in [6, 6.07) is 0. The molecule has 0 spiro atoms. The molecule has 0 saturated heterocycles. The van der Waals surface area contributed by atoms with E-state index in [1.807, 2.05) is 0 Å². The molecule has 0 aromatic heterocycles. The molecular formula is C17H30O2. The molecule has 0 N–H and O–H groups in total. The zero-order valence-electron chi connectivity index (χ0n) is 13.3. The number of esters is 1. The molecule has 0 aromatic rings. The standard InChI is InChI=1S/C17H30O2/c1-7-14-9-8-13(4)10-15(11-14)17(5,6)19-16(18)12(2)3/h13-15H,2,7-11H2,1,3-6H3. The van der Waals surface area contributed by atoms with Crippen LogP contribution < -0.4 is 0 Å². The van der Waals surface area contributed by atoms with Crippen molar-refractivity contribution in [2.75, 3.05) is 0 Å². The van der Waals surface area contributed by atoms with Crippen molar-refractivity contribution in [1.29, 1.82) is 0 Å². The van der Waals surface area contributed by atoms with Crippen molar-refractivity contribution < 1.29 is 9.53 Å². The van der Waals surface area contributed by atoms with Gasteiger partial charge in [-0.3, -0.25) is 0 Å². The fourth-order valence-electron chi connectivity index (χ4n) is 3.09. The largest absolute Gasteiger partial charge is 0.456 e. The lowest BCUT2D eigenvalue weighted by atomic mass is 9.80. The molecule has 1 saturated carbocycles. The maximum absolute atomic E-state index is 11.8. The van der Waals surface area contributed by atoms with Crippen LogP contribution in [0.15, 0.2) is 12.2 Å². The number of hydrogen-bond acceptors (Lipinski definition) is 2. The summed E-state index contributed by atoms with van der Waals surface area (Å²) in [7, 11) is 0. The Kier molecular flexibility index (Phi) is 5.64. The van der Waals surface area contributed by atoms with E-state index in [0.29, 0.717) is 11.5 Å². The summed E-state index contributed by atoms with van der Waals surface area (Å²) < 4.78 is 5.70. The minimum absolute atomic E-state index is 0.255. The van der Waals surface area contributed by atoms with E-state index < -0.39 is 0 Å². The second-order valence-corrected chi connectivity index (χ2v) is 6.90. The van der Waals surface area contributed by atoms with Gasteiger partial charge in [0.2, 0.25) is 0 Å². The van der Waals surface area contributed by atoms with Crippen molar-refractivity contribution in [1.82, 2.24) is 0 Å². The number of carbonyl (C=O) groups is 1. The molecular weight excluding hydrogens is 236 g/mol. The van der Waals surface area contributed by atoms with Crippen LogP contribution in [0.25, 0.3) is 0 Å². The molecule has 2 heteroatoms. The van der Waals surface area contributed by atoms with Crippen LogP contribution in [0.3, 0.4) is 0 Å². The van der Waals surface area contributed by atoms with Gasteiger partial charge in [-0.2, -0.15) is 0 Å². The maximum Gasteiger partial charge on any atom is 0.333 e. The smallest absolute Gasteiger partial charge is 0.333 e. The zero-order chi connectivity index (χ0) is 14.6. The van der Waals surface area contributed by atoms with Gasteiger partial charge >= 0.3 is 5.97 Å². The molecule has 3 unspecified atom stereocenters. The van der Waals surface area contributed by atoms with Gasteiger partial charge in [0.15, 0.2) is 0 Å². The molecule has 1 rings (SSSR count). The van der Waals surface area contributed by atoms with Crippen molar-refractivity contribution in [3.05, 3.63) is 12.2 Å². The van der Waals surface area contributed by atoms with Crippen LogP contribution in [0, 0.1) is 17.8 Å². The summed E-state index contributed by atoms with van der Waals surface area (Å²) in [5.74, 6) is 1.70. The molecule has 1 aliphatic rings. The molecule has 2 nitrogen and oxygen atoms in total. The first kappa shape index (κ1) is 16.3. The Labute approximate surface area is 118 Å². The molecule has 0 bridgehead atoms. The Hall–Kier alpha value is -0.790. The summed E-state index contributed by atoms with van der Waals surface area (Å²) in [4.78, 5) is 11.8. The normalized spacial score (nSPS) is 28.6. The average Bonchev–Trinajstić information content (AvgIpc) is 2.50. The van der Waals surface area contributed by atoms with E-state index in [-0.39, 0.29) is 11.6 Å². The third kappa shape index (κ3) is 4.67. The number of hydrogen-bond donors (Lipinski definition) is 0. The quantitative estimate of drug-likeness (QED) is 0.417. The molecule has 3 atom stereocenters. The number of ether oxygens (including phenoxy) is 1. The fourth-order valence-corrected chi connectivity index (χ4v) is 3.09. The van der Waals surface area contributed by atoms with Gasteiger partial charge in [-0.15, -0.1) is 0 Å². The SMILES string of the molecule is C=C(C)C(=O)OC(C)(C)C1CC(C)CCC(CC)C1. The Balaban J connectivity index is 2.78. The van der Waals surface area contributed by atoms with E-state index in [2.05, 4.69) is 34.3 Å². The van der Waals surface area contributed by atoms with Crippen molar-refractivity contribution in [3.63, 3.8) is 0 Å². The van der Waals surface area contributed by atoms with E-state index in [0.717, 1.165) is 18.3 Å². The van der Waals surface area contributed by atoms with Gasteiger partial charge in [0, 0.05) is 5.57 Å². The molecule has 0 aliphatic heterocycles. The van der Waals surface area contributed by atoms with Crippen molar-refractivity contribution in [2.45, 2.75) is 72.3 Å². The van der Waals surface area contributed by atoms with Gasteiger partial charge in [0.05, 0.1) is 0 Å². The third-order valence-corrected chi connectivity index (χ3v) is 4.64. The lowest BCUT2D eigenvalue weighted by Gasteiger charge is -2.35. The predicted octanol–water partition coefficient (Wildman–Crippen LogP) is 4.74. The predicted molar refractivity (Wildman–Crippen MR) is 79.9 cm³/mol. The van der Waals surface area contributed by atoms with Gasteiger partial charge in [0.1, 0.15) is 5.60 Å². The minimum atomic E-state index is -0.387. The summed E-state index contributed by atoms with van der Waals surface area (Å²) >= 11 is 0. The molecule has 0 radical (unpaired) electrons. The fraction of sp³-hybridized carbons (Fsp3) is 0.824. The molecule has 110 valence electrons. The average molecular weight is 266 g/mol. The van der Waals surface area contributed by atoms with Crippen LogP contribution in [0.4, 0.5) is 0 Å². The summed E-state index contributed by atoms with van der Waals surface area (Å²) in [5.41, 5.74) is 0.101. The lowest BCUT2D eigenvalue weighted by molar-refractivity contribution is -0.157. The third-order valence-electron chi connectivity index (χ3n) is 4.64. The molecule has 1 aliphatic carbocycles. The minimum Gasteiger partial charge on any atom is -0.456 e. The van der Waals surface area contributed by atoms with E-state index in [4.69, 9.17) is 4.74 Å². The second-order valence-electron chi connectivity index (χ2n) is 6.90. The van der Waals surface area contributed by atoms with Crippen molar-refractivity contribution in [2.24, 2.45) is 17.8 Å². The highest BCUT2D eigenvalue weighted by atomic mass is 16.6. The number of rotatable bonds is 4. The monoisotopic (exact) mass is 266 g/mol. The highest BCUT2D eigenvalue weighted by Gasteiger charge is 2.37. The summed E-state index contributed by atoms with van der Waals surface area (Å²) in [6.07, 6.45) is 6.19. The zero-order valence-corrected chi connectivity index (χ0v) is 13.3. The molecule has 0 amide bonds. The number of carbonyl (C=O) groups excluding carboxylic acids is 1. The van der Waals surface area contributed by atoms with Gasteiger partial charge in [0.25, 0.3) is 0 Å². The molecule has 19 heavy (non-hydrogen) atoms. The van der Waals surface area contributed by atoms with E-state index in [1.165, 1.54) is 25.7 Å². The Morgan fingerprint density at radius 1 is 1.32 bits per heavy atom. The first-order chi connectivity index (χ1) is 8.76. The van der Waals surface area contributed by atoms with Gasteiger partial charge < -0.3 is 4.74 Å². The van der Waals surface area contributed by atoms with Crippen LogP contribution in [-0.2, 0) is 9.53 Å². The first-order valence-electron chi connectivity index (χ1n) is 7.65. The Bertz CT molecular complexity index is 330. The van der Waals surface area contributed by atoms with Crippen LogP contribution in [0.2, 0.25) is 0 Å². The van der Waals surface area contributed by atoms with Crippen LogP contribution in [0.1, 0.15) is 66.7 Å². The first-order valence-corrected chi connectivity index (χ1v) is 7.65. The summed E-state index contributed by atoms with van der Waals surface area (Å²) in [5, 5.41) is 0. The van der Waals surface area contributed by atoms with E-state index in [9.17, 15) is 4.79 Å². The van der Waals surface area contributed by atoms with E-state index >= 15 is 0 Å². The van der Waals surface area contributed by atoms with Crippen LogP contribution >= 0.6 is 0 Å². The van der Waals surface area contributed by atoms with Crippen molar-refractivity contribution in [3.8, 4) is 0 Å². The Morgan fingerprint density at radius 3 is 2.47 bits per heavy atom. The molecule has 0 heterocycles. The Morgan fingerprint density at radius 2 is 1.95 bits per heavy atom. The highest BCUT2D eigenvalue weighted by molar-refractivity contribution is 5.87. The maximum atomic E-state index is 11.8. The van der Waals surface area contributed by atoms with Gasteiger partial charge in [-0.1, -0.05) is 39.7 Å². The molecule has 0 aromatic carbocycles. The van der Waals surface area contributed by atoms with Crippen molar-refractivity contribution >= 4 is 5.97 Å². The van der Waals surface area contributed by atoms with Crippen LogP contribution in [0.5, 0.6) is 0 Å². The van der Waals surface area contributed by atoms with E-state index in [1.54, 1.807) is 6.92 Å². The topological polar surface area (TPSA) is 26.3 Å². The van der Waals surface area contributed by atoms with Crippen LogP contribution in [-0.4, -0.2) is 11.6 Å². The van der Waals surface area contributed by atoms with Gasteiger partial charge in [-0.25, -0.2) is 4.79 Å². The highest BCUT2D eigenvalue weighted by Crippen LogP contribution is 2.39. The second kappa shape index (κ2) is 6.58. The molecule has 1 fully saturated rings. The summed E-state index contributed by atoms with van der Waals surface area (Å²) in [6.45, 7) is 14.1. The lowest BCUT2D eigenvalue weighted by Crippen LogP contribution is -2.38. The van der Waals surface area contributed by atoms with Gasteiger partial charge in [-0.05, 0) is 51.4 Å².